The Balaban J connectivity index is 1.96. The fraction of sp³-hybridized carbons (Fsp3) is 0.381. The number of nitrogens with one attached hydrogen (secondary N) is 1. The van der Waals surface area contributed by atoms with E-state index in [1.807, 2.05) is 30.3 Å². The van der Waals surface area contributed by atoms with Gasteiger partial charge in [0, 0.05) is 31.1 Å². The molecule has 2 unspecified atom stereocenters. The van der Waals surface area contributed by atoms with E-state index in [1.165, 1.54) is 11.9 Å². The smallest absolute Gasteiger partial charge is 0.338 e. The van der Waals surface area contributed by atoms with Crippen LogP contribution in [-0.4, -0.2) is 37.0 Å². The predicted octanol–water partition coefficient (Wildman–Crippen LogP) is 4.94. The van der Waals surface area contributed by atoms with Crippen molar-refractivity contribution in [3.63, 3.8) is 0 Å². The lowest BCUT2D eigenvalue weighted by molar-refractivity contribution is -0.143. The number of likely N-dealkylation sites (N-methyl/N-ethyl adjacent to an activating group) is 1. The van der Waals surface area contributed by atoms with E-state index in [9.17, 15) is 31.1 Å². The second kappa shape index (κ2) is 8.29. The van der Waals surface area contributed by atoms with Crippen LogP contribution in [0.15, 0.2) is 48.5 Å². The maximum atomic E-state index is 13.1. The molecule has 162 valence electrons. The minimum absolute atomic E-state index is 0.0219. The topological polar surface area (TPSA) is 32.3 Å². The molecule has 0 radical (unpaired) electrons. The molecule has 9 heteroatoms. The van der Waals surface area contributed by atoms with Crippen molar-refractivity contribution in [2.45, 2.75) is 30.7 Å². The summed E-state index contributed by atoms with van der Waals surface area (Å²) in [5, 5.41) is 3.22. The van der Waals surface area contributed by atoms with E-state index < -0.39 is 35.0 Å². The van der Waals surface area contributed by atoms with Gasteiger partial charge in [0.2, 0.25) is 0 Å². The third kappa shape index (κ3) is 4.77. The summed E-state index contributed by atoms with van der Waals surface area (Å²) in [6.45, 7) is 1.13. The standard InChI is InChI=1S/C21H20F6N2O/c1-29(18-7-8-28-12-17(18)13-5-3-2-4-6-13)19(30)14-9-15(20(22,23)24)11-16(10-14)21(25,26)27/h2-6,9-11,17-18,28H,7-8,12H2,1H3. The summed E-state index contributed by atoms with van der Waals surface area (Å²) in [7, 11) is 1.42. The van der Waals surface area contributed by atoms with Crippen LogP contribution in [0, 0.1) is 0 Å². The first-order valence-corrected chi connectivity index (χ1v) is 9.31. The number of carbonyl (C=O) groups excluding carboxylic acids is 1. The van der Waals surface area contributed by atoms with Crippen LogP contribution in [0.1, 0.15) is 39.4 Å². The van der Waals surface area contributed by atoms with E-state index >= 15 is 0 Å². The van der Waals surface area contributed by atoms with Crippen LogP contribution in [0.2, 0.25) is 0 Å². The number of hydrogen-bond acceptors (Lipinski definition) is 2. The molecule has 1 fully saturated rings. The fourth-order valence-electron chi connectivity index (χ4n) is 3.78. The van der Waals surface area contributed by atoms with Gasteiger partial charge in [-0.2, -0.15) is 26.3 Å². The monoisotopic (exact) mass is 430 g/mol. The molecule has 1 aliphatic heterocycles. The quantitative estimate of drug-likeness (QED) is 0.700. The number of piperidine rings is 1. The van der Waals surface area contributed by atoms with Crippen LogP contribution in [0.4, 0.5) is 26.3 Å². The Morgan fingerprint density at radius 3 is 2.07 bits per heavy atom. The minimum Gasteiger partial charge on any atom is -0.338 e. The second-order valence-electron chi connectivity index (χ2n) is 7.29. The van der Waals surface area contributed by atoms with Crippen molar-refractivity contribution in [1.82, 2.24) is 10.2 Å². The van der Waals surface area contributed by atoms with Crippen LogP contribution in [-0.2, 0) is 12.4 Å². The summed E-state index contributed by atoms with van der Waals surface area (Å²) >= 11 is 0. The zero-order chi connectivity index (χ0) is 22.1. The van der Waals surface area contributed by atoms with E-state index in [2.05, 4.69) is 5.32 Å². The third-order valence-corrected chi connectivity index (χ3v) is 5.33. The summed E-state index contributed by atoms with van der Waals surface area (Å²) in [5.74, 6) is -1.01. The molecule has 0 bridgehead atoms. The second-order valence-corrected chi connectivity index (χ2v) is 7.29. The molecule has 2 atom stereocenters. The third-order valence-electron chi connectivity index (χ3n) is 5.33. The molecule has 1 amide bonds. The van der Waals surface area contributed by atoms with Crippen LogP contribution < -0.4 is 5.32 Å². The van der Waals surface area contributed by atoms with Crippen molar-refractivity contribution in [2.75, 3.05) is 20.1 Å². The van der Waals surface area contributed by atoms with Gasteiger partial charge in [-0.05, 0) is 36.7 Å². The highest BCUT2D eigenvalue weighted by atomic mass is 19.4. The first-order valence-electron chi connectivity index (χ1n) is 9.31. The predicted molar refractivity (Wildman–Crippen MR) is 99.0 cm³/mol. The summed E-state index contributed by atoms with van der Waals surface area (Å²) in [4.78, 5) is 14.2. The average molecular weight is 430 g/mol. The summed E-state index contributed by atoms with van der Waals surface area (Å²) in [6.07, 6.45) is -9.49. The molecular formula is C21H20F6N2O. The Morgan fingerprint density at radius 1 is 0.967 bits per heavy atom. The number of alkyl halides is 6. The number of hydrogen-bond donors (Lipinski definition) is 1. The number of amides is 1. The summed E-state index contributed by atoms with van der Waals surface area (Å²) in [6, 6.07) is 9.89. The first kappa shape index (κ1) is 22.1. The van der Waals surface area contributed by atoms with Gasteiger partial charge in [0.15, 0.2) is 0 Å². The lowest BCUT2D eigenvalue weighted by atomic mass is 9.85. The van der Waals surface area contributed by atoms with E-state index in [0.29, 0.717) is 31.6 Å². The van der Waals surface area contributed by atoms with Gasteiger partial charge in [-0.1, -0.05) is 30.3 Å². The molecule has 1 heterocycles. The zero-order valence-electron chi connectivity index (χ0n) is 16.0. The van der Waals surface area contributed by atoms with Gasteiger partial charge in [-0.15, -0.1) is 0 Å². The number of carbonyl (C=O) groups is 1. The Bertz CT molecular complexity index is 862. The number of rotatable bonds is 3. The number of nitrogens with zero attached hydrogens (tertiary/aromatic N) is 1. The number of benzene rings is 2. The molecule has 2 aromatic carbocycles. The van der Waals surface area contributed by atoms with Gasteiger partial charge >= 0.3 is 12.4 Å². The molecule has 30 heavy (non-hydrogen) atoms. The molecule has 1 saturated heterocycles. The van der Waals surface area contributed by atoms with Crippen molar-refractivity contribution in [1.29, 1.82) is 0 Å². The van der Waals surface area contributed by atoms with Crippen molar-refractivity contribution < 1.29 is 31.1 Å². The lowest BCUT2D eigenvalue weighted by Crippen LogP contribution is -2.49. The van der Waals surface area contributed by atoms with Gasteiger partial charge in [0.25, 0.3) is 5.91 Å². The Morgan fingerprint density at radius 2 is 1.53 bits per heavy atom. The molecule has 0 saturated carbocycles. The molecular weight excluding hydrogens is 410 g/mol. The Kier molecular flexibility index (Phi) is 6.12. The highest BCUT2D eigenvalue weighted by Gasteiger charge is 2.39. The van der Waals surface area contributed by atoms with Crippen molar-refractivity contribution in [3.05, 3.63) is 70.8 Å². The molecule has 3 nitrogen and oxygen atoms in total. The fourth-order valence-corrected chi connectivity index (χ4v) is 3.78. The highest BCUT2D eigenvalue weighted by Crippen LogP contribution is 2.37. The van der Waals surface area contributed by atoms with Crippen molar-refractivity contribution >= 4 is 5.91 Å². The SMILES string of the molecule is CN(C(=O)c1cc(C(F)(F)F)cc(C(F)(F)F)c1)C1CCNCC1c1ccccc1. The Hall–Kier alpha value is -2.55. The highest BCUT2D eigenvalue weighted by molar-refractivity contribution is 5.94. The number of halogens is 6. The molecule has 3 rings (SSSR count). The Labute approximate surface area is 169 Å². The largest absolute Gasteiger partial charge is 0.416 e. The van der Waals surface area contributed by atoms with Crippen LogP contribution in [0.25, 0.3) is 0 Å². The van der Waals surface area contributed by atoms with Crippen LogP contribution in [0.3, 0.4) is 0 Å². The van der Waals surface area contributed by atoms with E-state index in [0.717, 1.165) is 5.56 Å². The maximum Gasteiger partial charge on any atom is 0.416 e. The van der Waals surface area contributed by atoms with Crippen LogP contribution in [0.5, 0.6) is 0 Å². The van der Waals surface area contributed by atoms with E-state index in [4.69, 9.17) is 0 Å². The summed E-state index contributed by atoms with van der Waals surface area (Å²) in [5.41, 5.74) is -2.70. The minimum atomic E-state index is -5.00. The molecule has 1 N–H and O–H groups in total. The van der Waals surface area contributed by atoms with E-state index in [-0.39, 0.29) is 18.0 Å². The average Bonchev–Trinajstić information content (AvgIpc) is 2.71. The molecule has 1 aliphatic rings. The first-order chi connectivity index (χ1) is 14.0. The van der Waals surface area contributed by atoms with Gasteiger partial charge in [0.1, 0.15) is 0 Å². The lowest BCUT2D eigenvalue weighted by Gasteiger charge is -2.39. The van der Waals surface area contributed by atoms with Gasteiger partial charge in [0.05, 0.1) is 11.1 Å². The van der Waals surface area contributed by atoms with Gasteiger partial charge in [-0.25, -0.2) is 0 Å². The van der Waals surface area contributed by atoms with Crippen LogP contribution >= 0.6 is 0 Å². The van der Waals surface area contributed by atoms with Gasteiger partial charge in [-0.3, -0.25) is 4.79 Å². The molecule has 2 aromatic rings. The molecule has 0 aliphatic carbocycles. The van der Waals surface area contributed by atoms with Crippen molar-refractivity contribution in [2.24, 2.45) is 0 Å². The maximum absolute atomic E-state index is 13.1. The zero-order valence-corrected chi connectivity index (χ0v) is 16.0. The van der Waals surface area contributed by atoms with Crippen molar-refractivity contribution in [3.8, 4) is 0 Å². The van der Waals surface area contributed by atoms with E-state index in [1.54, 1.807) is 0 Å². The molecule has 0 spiro atoms. The normalized spacial score (nSPS) is 20.1. The molecule has 0 aromatic heterocycles. The van der Waals surface area contributed by atoms with Gasteiger partial charge < -0.3 is 10.2 Å². The summed E-state index contributed by atoms with van der Waals surface area (Å²) < 4.78 is 78.8.